The highest BCUT2D eigenvalue weighted by Gasteiger charge is 2.31. The van der Waals surface area contributed by atoms with Gasteiger partial charge in [-0.1, -0.05) is 49.0 Å². The quantitative estimate of drug-likeness (QED) is 0.143. The topological polar surface area (TPSA) is 106 Å². The second-order valence-electron chi connectivity index (χ2n) is 5.50. The standard InChI is InChI=1S/C20H16N2O5/c1-13(2)19(24)26-10-11-27-20(25)18(22-21)17(12-23)16-9-5-7-14-6-3-4-8-15(14)16/h3-9H,1,10-11H2,2H3. The van der Waals surface area contributed by atoms with Crippen LogP contribution < -0.4 is 0 Å². The summed E-state index contributed by atoms with van der Waals surface area (Å²) in [5.74, 6) is -0.0212. The van der Waals surface area contributed by atoms with Crippen LogP contribution in [0.1, 0.15) is 12.5 Å². The molecule has 0 aliphatic rings. The molecule has 0 aliphatic heterocycles. The number of hydrogen-bond donors (Lipinski definition) is 0. The van der Waals surface area contributed by atoms with E-state index in [1.165, 1.54) is 6.92 Å². The minimum atomic E-state index is -1.05. The number of benzene rings is 2. The van der Waals surface area contributed by atoms with Gasteiger partial charge in [-0.2, -0.15) is 4.79 Å². The lowest BCUT2D eigenvalue weighted by molar-refractivity contribution is -0.147. The normalized spacial score (nSPS) is 9.67. The number of ether oxygens (including phenoxy) is 2. The van der Waals surface area contributed by atoms with Gasteiger partial charge in [0.25, 0.3) is 0 Å². The average molecular weight is 364 g/mol. The van der Waals surface area contributed by atoms with Crippen molar-refractivity contribution >= 4 is 39.9 Å². The fourth-order valence-electron chi connectivity index (χ4n) is 2.33. The van der Waals surface area contributed by atoms with Crippen molar-refractivity contribution in [3.63, 3.8) is 0 Å². The van der Waals surface area contributed by atoms with Crippen molar-refractivity contribution in [3.8, 4) is 0 Å². The van der Waals surface area contributed by atoms with Crippen molar-refractivity contribution in [2.75, 3.05) is 13.2 Å². The van der Waals surface area contributed by atoms with E-state index >= 15 is 0 Å². The Kier molecular flexibility index (Phi) is 6.55. The van der Waals surface area contributed by atoms with E-state index < -0.39 is 17.7 Å². The Morgan fingerprint density at radius 2 is 1.70 bits per heavy atom. The predicted octanol–water partition coefficient (Wildman–Crippen LogP) is 2.39. The maximum atomic E-state index is 12.2. The number of rotatable bonds is 7. The zero-order valence-electron chi connectivity index (χ0n) is 14.6. The van der Waals surface area contributed by atoms with Crippen LogP contribution in [0.2, 0.25) is 0 Å². The van der Waals surface area contributed by atoms with E-state index in [4.69, 9.17) is 9.47 Å². The first-order chi connectivity index (χ1) is 13.0. The number of hydrogen-bond acceptors (Lipinski definition) is 5. The molecule has 0 saturated heterocycles. The molecular formula is C20H16N2O5. The highest BCUT2D eigenvalue weighted by Crippen LogP contribution is 2.24. The third-order valence-electron chi connectivity index (χ3n) is 3.59. The van der Waals surface area contributed by atoms with E-state index in [9.17, 15) is 19.9 Å². The van der Waals surface area contributed by atoms with Gasteiger partial charge in [-0.25, -0.2) is 14.4 Å². The Morgan fingerprint density at radius 1 is 1.07 bits per heavy atom. The Hall–Kier alpha value is -3.79. The van der Waals surface area contributed by atoms with E-state index in [1.54, 1.807) is 30.2 Å². The van der Waals surface area contributed by atoms with Gasteiger partial charge in [-0.15, -0.1) is 0 Å². The van der Waals surface area contributed by atoms with E-state index in [-0.39, 0.29) is 24.4 Å². The molecular weight excluding hydrogens is 348 g/mol. The molecule has 0 bridgehead atoms. The third-order valence-corrected chi connectivity index (χ3v) is 3.59. The van der Waals surface area contributed by atoms with Gasteiger partial charge in [0.05, 0.1) is 0 Å². The van der Waals surface area contributed by atoms with Crippen LogP contribution in [-0.2, 0) is 23.9 Å². The molecule has 7 nitrogen and oxygen atoms in total. The molecule has 0 N–H and O–H groups in total. The zero-order valence-corrected chi connectivity index (χ0v) is 14.6. The van der Waals surface area contributed by atoms with Crippen LogP contribution in [0.25, 0.3) is 21.9 Å². The molecule has 2 aromatic carbocycles. The van der Waals surface area contributed by atoms with Crippen LogP contribution in [0, 0.1) is 0 Å². The predicted molar refractivity (Wildman–Crippen MR) is 98.4 cm³/mol. The van der Waals surface area contributed by atoms with E-state index in [2.05, 4.69) is 11.4 Å². The smallest absolute Gasteiger partial charge is 0.423 e. The van der Waals surface area contributed by atoms with Crippen LogP contribution in [0.3, 0.4) is 0 Å². The molecule has 2 rings (SSSR count). The van der Waals surface area contributed by atoms with Crippen molar-refractivity contribution in [2.45, 2.75) is 6.92 Å². The summed E-state index contributed by atoms with van der Waals surface area (Å²) in [5, 5.41) is 1.52. The Morgan fingerprint density at radius 3 is 2.33 bits per heavy atom. The van der Waals surface area contributed by atoms with Crippen molar-refractivity contribution in [1.82, 2.24) is 0 Å². The first kappa shape index (κ1) is 19.5. The number of carbonyl (C=O) groups is 2. The first-order valence-electron chi connectivity index (χ1n) is 7.95. The van der Waals surface area contributed by atoms with Crippen LogP contribution in [0.5, 0.6) is 0 Å². The average Bonchev–Trinajstić information content (AvgIpc) is 2.68. The fourth-order valence-corrected chi connectivity index (χ4v) is 2.33. The van der Waals surface area contributed by atoms with Gasteiger partial charge in [-0.05, 0) is 17.7 Å². The zero-order chi connectivity index (χ0) is 19.8. The summed E-state index contributed by atoms with van der Waals surface area (Å²) in [6.45, 7) is 4.42. The summed E-state index contributed by atoms with van der Waals surface area (Å²) in [6, 6.07) is 12.4. The molecule has 27 heavy (non-hydrogen) atoms. The van der Waals surface area contributed by atoms with Gasteiger partial charge < -0.3 is 15.0 Å². The molecule has 0 atom stereocenters. The lowest BCUT2D eigenvalue weighted by atomic mass is 9.96. The van der Waals surface area contributed by atoms with Crippen molar-refractivity contribution < 1.29 is 28.6 Å². The van der Waals surface area contributed by atoms with Crippen LogP contribution in [0.4, 0.5) is 0 Å². The lowest BCUT2D eigenvalue weighted by Gasteiger charge is -2.06. The van der Waals surface area contributed by atoms with Gasteiger partial charge in [0.2, 0.25) is 0 Å². The summed E-state index contributed by atoms with van der Waals surface area (Å²) >= 11 is 0. The Labute approximate surface area is 155 Å². The third kappa shape index (κ3) is 4.64. The summed E-state index contributed by atoms with van der Waals surface area (Å²) in [6.07, 6.45) is 0. The van der Waals surface area contributed by atoms with Gasteiger partial charge in [0.15, 0.2) is 5.57 Å². The molecule has 0 radical (unpaired) electrons. The van der Waals surface area contributed by atoms with Crippen molar-refractivity contribution in [1.29, 1.82) is 0 Å². The molecule has 0 saturated carbocycles. The van der Waals surface area contributed by atoms with Crippen molar-refractivity contribution in [2.24, 2.45) is 0 Å². The molecule has 0 heterocycles. The fraction of sp³-hybridized carbons (Fsp3) is 0.150. The van der Waals surface area contributed by atoms with Crippen LogP contribution in [0.15, 0.2) is 54.6 Å². The molecule has 0 fully saturated rings. The van der Waals surface area contributed by atoms with Crippen LogP contribution in [-0.4, -0.2) is 41.6 Å². The molecule has 0 spiro atoms. The SMILES string of the molecule is C=C(C)C(=O)OCCOC(=O)C(=[N+]=[N-])C(=C=O)c1cccc2ccccc12. The van der Waals surface area contributed by atoms with Crippen LogP contribution >= 0.6 is 0 Å². The maximum absolute atomic E-state index is 12.2. The summed E-state index contributed by atoms with van der Waals surface area (Å²) in [5.41, 5.74) is 9.00. The van der Waals surface area contributed by atoms with Gasteiger partial charge >= 0.3 is 17.7 Å². The molecule has 136 valence electrons. The minimum absolute atomic E-state index is 0.204. The largest absolute Gasteiger partial charge is 0.459 e. The highest BCUT2D eigenvalue weighted by atomic mass is 16.6. The first-order valence-corrected chi connectivity index (χ1v) is 7.95. The molecule has 0 amide bonds. The number of fused-ring (bicyclic) bond motifs is 1. The number of carbonyl (C=O) groups excluding carboxylic acids is 3. The van der Waals surface area contributed by atoms with E-state index in [0.717, 1.165) is 5.39 Å². The lowest BCUT2D eigenvalue weighted by Crippen LogP contribution is -2.23. The Bertz CT molecular complexity index is 1010. The molecule has 0 unspecified atom stereocenters. The van der Waals surface area contributed by atoms with Gasteiger partial charge in [0, 0.05) is 11.1 Å². The number of esters is 2. The second-order valence-corrected chi connectivity index (χ2v) is 5.50. The summed E-state index contributed by atoms with van der Waals surface area (Å²) < 4.78 is 9.70. The molecule has 0 aromatic heterocycles. The van der Waals surface area contributed by atoms with E-state index in [1.807, 2.05) is 18.2 Å². The summed E-state index contributed by atoms with van der Waals surface area (Å²) in [7, 11) is 0. The number of nitrogens with zero attached hydrogens (tertiary/aromatic N) is 2. The summed E-state index contributed by atoms with van der Waals surface area (Å²) in [4.78, 5) is 37.9. The Balaban J connectivity index is 2.18. The maximum Gasteiger partial charge on any atom is 0.423 e. The van der Waals surface area contributed by atoms with Gasteiger partial charge in [-0.3, -0.25) is 0 Å². The van der Waals surface area contributed by atoms with Gasteiger partial charge in [0.1, 0.15) is 19.2 Å². The van der Waals surface area contributed by atoms with Crippen molar-refractivity contribution in [3.05, 3.63) is 65.7 Å². The molecule has 2 aromatic rings. The minimum Gasteiger partial charge on any atom is -0.459 e. The second kappa shape index (κ2) is 9.06. The highest BCUT2D eigenvalue weighted by molar-refractivity contribution is 6.55. The monoisotopic (exact) mass is 364 g/mol. The van der Waals surface area contributed by atoms with E-state index in [0.29, 0.717) is 10.9 Å². The molecule has 0 aliphatic carbocycles. The molecule has 7 heteroatoms.